The number of amides is 2. The van der Waals surface area contributed by atoms with Crippen molar-refractivity contribution < 1.29 is 14.1 Å². The Morgan fingerprint density at radius 2 is 1.64 bits per heavy atom. The maximum absolute atomic E-state index is 13.2. The lowest BCUT2D eigenvalue weighted by atomic mass is 9.85. The topological polar surface area (TPSA) is 82.8 Å². The van der Waals surface area contributed by atoms with E-state index < -0.39 is 0 Å². The number of nitrogens with zero attached hydrogens (tertiary/aromatic N) is 5. The van der Waals surface area contributed by atoms with Gasteiger partial charge in [0.2, 0.25) is 23.5 Å². The van der Waals surface area contributed by atoms with Gasteiger partial charge in [-0.3, -0.25) is 9.59 Å². The van der Waals surface area contributed by atoms with Gasteiger partial charge in [0.05, 0.1) is 5.92 Å². The van der Waals surface area contributed by atoms with Crippen LogP contribution in [0.3, 0.4) is 0 Å². The lowest BCUT2D eigenvalue weighted by Gasteiger charge is -2.37. The number of anilines is 2. The van der Waals surface area contributed by atoms with Crippen LogP contribution in [0.4, 0.5) is 11.4 Å². The molecule has 2 saturated heterocycles. The van der Waals surface area contributed by atoms with Crippen LogP contribution in [0.1, 0.15) is 43.1 Å². The van der Waals surface area contributed by atoms with Gasteiger partial charge in [-0.1, -0.05) is 29.3 Å². The zero-order valence-electron chi connectivity index (χ0n) is 20.6. The quantitative estimate of drug-likeness (QED) is 0.543. The van der Waals surface area contributed by atoms with Gasteiger partial charge in [0.1, 0.15) is 0 Å². The number of aryl methyl sites for hydroxylation is 1. The molecule has 1 atom stereocenters. The van der Waals surface area contributed by atoms with E-state index in [1.54, 1.807) is 4.90 Å². The Hall–Kier alpha value is -3.68. The summed E-state index contributed by atoms with van der Waals surface area (Å²) in [6.07, 6.45) is 3.79. The van der Waals surface area contributed by atoms with E-state index in [0.29, 0.717) is 31.4 Å². The Kier molecular flexibility index (Phi) is 5.95. The van der Waals surface area contributed by atoms with Crippen molar-refractivity contribution in [2.45, 2.75) is 38.5 Å². The Morgan fingerprint density at radius 3 is 2.31 bits per heavy atom. The van der Waals surface area contributed by atoms with Gasteiger partial charge in [-0.05, 0) is 56.2 Å². The molecule has 186 valence electrons. The average molecular weight is 486 g/mol. The van der Waals surface area contributed by atoms with Gasteiger partial charge in [-0.25, -0.2) is 0 Å². The predicted octanol–water partition coefficient (Wildman–Crippen LogP) is 4.01. The molecular formula is C28H31N5O3. The lowest BCUT2D eigenvalue weighted by molar-refractivity contribution is -0.136. The van der Waals surface area contributed by atoms with Gasteiger partial charge < -0.3 is 19.2 Å². The Labute approximate surface area is 210 Å². The highest BCUT2D eigenvalue weighted by Gasteiger charge is 2.38. The summed E-state index contributed by atoms with van der Waals surface area (Å²) in [7, 11) is 0. The van der Waals surface area contributed by atoms with Gasteiger partial charge in [0, 0.05) is 62.0 Å². The number of benzene rings is 2. The summed E-state index contributed by atoms with van der Waals surface area (Å²) in [5.74, 6) is 1.67. The number of hydrogen-bond donors (Lipinski definition) is 0. The number of aromatic nitrogens is 2. The Bertz CT molecular complexity index is 1240. The third-order valence-corrected chi connectivity index (χ3v) is 7.80. The molecule has 8 nitrogen and oxygen atoms in total. The van der Waals surface area contributed by atoms with Crippen LogP contribution in [0, 0.1) is 12.8 Å². The normalized spacial score (nSPS) is 20.6. The summed E-state index contributed by atoms with van der Waals surface area (Å²) >= 11 is 0. The van der Waals surface area contributed by atoms with Crippen LogP contribution in [-0.2, 0) is 9.59 Å². The van der Waals surface area contributed by atoms with Gasteiger partial charge in [0.25, 0.3) is 0 Å². The first-order valence-corrected chi connectivity index (χ1v) is 12.9. The average Bonchev–Trinajstić information content (AvgIpc) is 3.50. The van der Waals surface area contributed by atoms with Crippen molar-refractivity contribution in [1.29, 1.82) is 0 Å². The molecule has 0 unspecified atom stereocenters. The van der Waals surface area contributed by atoms with Crippen LogP contribution in [-0.4, -0.2) is 59.6 Å². The standard InChI is InChI=1S/C28H31N5O3/c1-19-5-9-24(10-6-19)33-18-22(17-25(33)34)28(35)32-15-13-31(14-16-32)23-11-7-20(8-12-23)26-29-27(36-30-26)21-3-2-4-21/h5-12,21-22H,2-4,13-18H2,1H3/t22-/m1/s1. The largest absolute Gasteiger partial charge is 0.368 e. The van der Waals surface area contributed by atoms with Gasteiger partial charge in [-0.15, -0.1) is 0 Å². The van der Waals surface area contributed by atoms with E-state index in [1.807, 2.05) is 48.2 Å². The summed E-state index contributed by atoms with van der Waals surface area (Å²) < 4.78 is 5.46. The van der Waals surface area contributed by atoms with E-state index in [0.717, 1.165) is 54.3 Å². The molecule has 1 saturated carbocycles. The fraction of sp³-hybridized carbons (Fsp3) is 0.429. The van der Waals surface area contributed by atoms with Crippen LogP contribution >= 0.6 is 0 Å². The van der Waals surface area contributed by atoms with Crippen molar-refractivity contribution in [2.75, 3.05) is 42.5 Å². The summed E-state index contributed by atoms with van der Waals surface area (Å²) in [4.78, 5) is 36.4. The molecule has 2 aromatic carbocycles. The van der Waals surface area contributed by atoms with Gasteiger partial charge in [0.15, 0.2) is 0 Å². The van der Waals surface area contributed by atoms with Crippen molar-refractivity contribution in [2.24, 2.45) is 5.92 Å². The molecule has 0 radical (unpaired) electrons. The minimum Gasteiger partial charge on any atom is -0.368 e. The molecule has 3 aliphatic rings. The number of rotatable bonds is 5. The van der Waals surface area contributed by atoms with Crippen LogP contribution in [0.2, 0.25) is 0 Å². The van der Waals surface area contributed by atoms with E-state index in [9.17, 15) is 9.59 Å². The van der Waals surface area contributed by atoms with Gasteiger partial charge >= 0.3 is 0 Å². The van der Waals surface area contributed by atoms with Crippen molar-refractivity contribution in [3.05, 3.63) is 60.0 Å². The van der Waals surface area contributed by atoms with E-state index in [-0.39, 0.29) is 24.2 Å². The first-order valence-electron chi connectivity index (χ1n) is 12.9. The highest BCUT2D eigenvalue weighted by molar-refractivity contribution is 6.00. The molecule has 0 bridgehead atoms. The zero-order chi connectivity index (χ0) is 24.6. The molecule has 3 aromatic rings. The molecule has 6 rings (SSSR count). The maximum atomic E-state index is 13.2. The third-order valence-electron chi connectivity index (χ3n) is 7.80. The minimum atomic E-state index is -0.274. The molecule has 3 heterocycles. The number of carbonyl (C=O) groups excluding carboxylic acids is 2. The number of piperazine rings is 1. The molecule has 2 amide bonds. The molecule has 1 aliphatic carbocycles. The van der Waals surface area contributed by atoms with Crippen molar-refractivity contribution in [3.8, 4) is 11.4 Å². The third kappa shape index (κ3) is 4.36. The summed E-state index contributed by atoms with van der Waals surface area (Å²) in [5.41, 5.74) is 4.09. The van der Waals surface area contributed by atoms with E-state index in [4.69, 9.17) is 4.52 Å². The molecule has 36 heavy (non-hydrogen) atoms. The molecule has 3 fully saturated rings. The second-order valence-electron chi connectivity index (χ2n) is 10.2. The van der Waals surface area contributed by atoms with Crippen molar-refractivity contribution >= 4 is 23.2 Å². The smallest absolute Gasteiger partial charge is 0.230 e. The number of hydrogen-bond acceptors (Lipinski definition) is 6. The molecular weight excluding hydrogens is 454 g/mol. The molecule has 2 aliphatic heterocycles. The summed E-state index contributed by atoms with van der Waals surface area (Å²) in [6, 6.07) is 16.1. The second-order valence-corrected chi connectivity index (χ2v) is 10.2. The van der Waals surface area contributed by atoms with Crippen LogP contribution < -0.4 is 9.80 Å². The lowest BCUT2D eigenvalue weighted by Crippen LogP contribution is -2.50. The highest BCUT2D eigenvalue weighted by atomic mass is 16.5. The van der Waals surface area contributed by atoms with Crippen LogP contribution in [0.5, 0.6) is 0 Å². The minimum absolute atomic E-state index is 0.0253. The number of carbonyl (C=O) groups is 2. The van der Waals surface area contributed by atoms with Crippen molar-refractivity contribution in [1.82, 2.24) is 15.0 Å². The van der Waals surface area contributed by atoms with E-state index in [1.165, 1.54) is 6.42 Å². The first-order chi connectivity index (χ1) is 17.5. The monoisotopic (exact) mass is 485 g/mol. The van der Waals surface area contributed by atoms with Crippen molar-refractivity contribution in [3.63, 3.8) is 0 Å². The zero-order valence-corrected chi connectivity index (χ0v) is 20.6. The maximum Gasteiger partial charge on any atom is 0.230 e. The Balaban J connectivity index is 1.04. The molecule has 0 spiro atoms. The predicted molar refractivity (Wildman–Crippen MR) is 137 cm³/mol. The summed E-state index contributed by atoms with van der Waals surface area (Å²) in [6.45, 7) is 5.33. The van der Waals surface area contributed by atoms with E-state index in [2.05, 4.69) is 27.2 Å². The fourth-order valence-electron chi connectivity index (χ4n) is 5.29. The van der Waals surface area contributed by atoms with Gasteiger partial charge in [-0.2, -0.15) is 4.98 Å². The van der Waals surface area contributed by atoms with Crippen LogP contribution in [0.15, 0.2) is 53.1 Å². The highest BCUT2D eigenvalue weighted by Crippen LogP contribution is 2.36. The van der Waals surface area contributed by atoms with E-state index >= 15 is 0 Å². The molecule has 0 N–H and O–H groups in total. The first kappa shape index (κ1) is 22.8. The molecule has 1 aromatic heterocycles. The summed E-state index contributed by atoms with van der Waals surface area (Å²) in [5, 5.41) is 4.16. The second kappa shape index (κ2) is 9.41. The Morgan fingerprint density at radius 1 is 0.944 bits per heavy atom. The fourth-order valence-corrected chi connectivity index (χ4v) is 5.29. The van der Waals surface area contributed by atoms with Crippen LogP contribution in [0.25, 0.3) is 11.4 Å². The SMILES string of the molecule is Cc1ccc(N2C[C@H](C(=O)N3CCN(c4ccc(-c5noc(C6CCC6)n5)cc4)CC3)CC2=O)cc1. The molecule has 8 heteroatoms.